The third kappa shape index (κ3) is 4.56. The summed E-state index contributed by atoms with van der Waals surface area (Å²) in [6.45, 7) is 2.90. The molecule has 2 atom stereocenters. The molecule has 2 heterocycles. The van der Waals surface area contributed by atoms with E-state index in [1.54, 1.807) is 11.3 Å². The van der Waals surface area contributed by atoms with Crippen LogP contribution in [0.3, 0.4) is 0 Å². The number of nitrogens with one attached hydrogen (secondary N) is 2. The molecule has 7 heteroatoms. The van der Waals surface area contributed by atoms with E-state index in [-0.39, 0.29) is 18.1 Å². The van der Waals surface area contributed by atoms with Gasteiger partial charge in [-0.1, -0.05) is 12.8 Å². The summed E-state index contributed by atoms with van der Waals surface area (Å²) in [7, 11) is 1.44. The highest BCUT2D eigenvalue weighted by atomic mass is 32.1. The van der Waals surface area contributed by atoms with E-state index in [1.807, 2.05) is 0 Å². The highest BCUT2D eigenvalue weighted by molar-refractivity contribution is 7.80. The first-order valence-corrected chi connectivity index (χ1v) is 10.7. The number of aryl methyl sites for hydroxylation is 1. The van der Waals surface area contributed by atoms with E-state index in [1.165, 1.54) is 31.2 Å². The van der Waals surface area contributed by atoms with Crippen LogP contribution in [0.15, 0.2) is 0 Å². The molecule has 0 amide bonds. The largest absolute Gasteiger partial charge is 0.465 e. The standard InChI is InChI=1S/C19H28N2O3S2/c1-12(14-9-7-11-24-14)20-19(25)21-17-16(18(22)23-2)13-8-5-3-4-6-10-15(13)26-17/h12,14H,3-11H2,1-2H3,(H2,20,21,25). The minimum Gasteiger partial charge on any atom is -0.465 e. The number of carbonyl (C=O) groups excluding carboxylic acids is 1. The van der Waals surface area contributed by atoms with E-state index < -0.39 is 0 Å². The minimum atomic E-state index is -0.277. The number of fused-ring (bicyclic) bond motifs is 1. The van der Waals surface area contributed by atoms with Gasteiger partial charge in [0.2, 0.25) is 0 Å². The second-order valence-corrected chi connectivity index (χ2v) is 8.57. The number of thiophene rings is 1. The SMILES string of the molecule is COC(=O)c1c(NC(=S)NC(C)C2CCCO2)sc2c1CCCCCC2. The van der Waals surface area contributed by atoms with Crippen LogP contribution in [0.4, 0.5) is 5.00 Å². The number of carbonyl (C=O) groups is 1. The Morgan fingerprint density at radius 1 is 1.27 bits per heavy atom. The van der Waals surface area contributed by atoms with Crippen molar-refractivity contribution in [2.45, 2.75) is 70.4 Å². The van der Waals surface area contributed by atoms with E-state index in [0.717, 1.165) is 49.3 Å². The van der Waals surface area contributed by atoms with Gasteiger partial charge < -0.3 is 20.1 Å². The lowest BCUT2D eigenvalue weighted by molar-refractivity contribution is 0.0601. The zero-order chi connectivity index (χ0) is 18.5. The van der Waals surface area contributed by atoms with Gasteiger partial charge in [0.15, 0.2) is 5.11 Å². The van der Waals surface area contributed by atoms with Crippen LogP contribution in [0.2, 0.25) is 0 Å². The Balaban J connectivity index is 1.76. The van der Waals surface area contributed by atoms with Crippen molar-refractivity contribution in [1.29, 1.82) is 0 Å². The molecule has 5 nitrogen and oxygen atoms in total. The molecular formula is C19H28N2O3S2. The Morgan fingerprint density at radius 2 is 2.04 bits per heavy atom. The van der Waals surface area contributed by atoms with E-state index >= 15 is 0 Å². The second-order valence-electron chi connectivity index (χ2n) is 7.05. The quantitative estimate of drug-likeness (QED) is 0.591. The fraction of sp³-hybridized carbons (Fsp3) is 0.684. The molecule has 0 radical (unpaired) electrons. The van der Waals surface area contributed by atoms with E-state index in [4.69, 9.17) is 21.7 Å². The molecule has 0 aromatic carbocycles. The van der Waals surface area contributed by atoms with Crippen LogP contribution in [-0.4, -0.2) is 36.9 Å². The van der Waals surface area contributed by atoms with Crippen LogP contribution >= 0.6 is 23.6 Å². The van der Waals surface area contributed by atoms with Crippen molar-refractivity contribution >= 4 is 39.6 Å². The van der Waals surface area contributed by atoms with Gasteiger partial charge in [0.25, 0.3) is 0 Å². The molecule has 0 spiro atoms. The molecule has 1 fully saturated rings. The predicted octanol–water partition coefficient (Wildman–Crippen LogP) is 4.05. The van der Waals surface area contributed by atoms with Crippen LogP contribution in [0.25, 0.3) is 0 Å². The number of hydrogen-bond donors (Lipinski definition) is 2. The number of ether oxygens (including phenoxy) is 2. The van der Waals surface area contributed by atoms with Crippen molar-refractivity contribution in [3.05, 3.63) is 16.0 Å². The Bertz CT molecular complexity index is 653. The molecular weight excluding hydrogens is 368 g/mol. The van der Waals surface area contributed by atoms with Gasteiger partial charge in [-0.3, -0.25) is 0 Å². The van der Waals surface area contributed by atoms with Crippen LogP contribution in [0.1, 0.15) is 66.2 Å². The maximum Gasteiger partial charge on any atom is 0.341 e. The van der Waals surface area contributed by atoms with Crippen molar-refractivity contribution in [3.8, 4) is 0 Å². The van der Waals surface area contributed by atoms with Gasteiger partial charge >= 0.3 is 5.97 Å². The lowest BCUT2D eigenvalue weighted by atomic mass is 9.96. The van der Waals surface area contributed by atoms with Crippen molar-refractivity contribution in [2.24, 2.45) is 0 Å². The molecule has 1 aliphatic heterocycles. The van der Waals surface area contributed by atoms with Crippen LogP contribution < -0.4 is 10.6 Å². The number of esters is 1. The van der Waals surface area contributed by atoms with Gasteiger partial charge in [-0.2, -0.15) is 0 Å². The summed E-state index contributed by atoms with van der Waals surface area (Å²) >= 11 is 7.15. The second kappa shape index (κ2) is 9.15. The number of methoxy groups -OCH3 is 1. The molecule has 144 valence electrons. The molecule has 2 N–H and O–H groups in total. The number of anilines is 1. The van der Waals surface area contributed by atoms with Crippen LogP contribution in [-0.2, 0) is 22.3 Å². The fourth-order valence-corrected chi connectivity index (χ4v) is 5.40. The molecule has 1 aliphatic carbocycles. The Kier molecular flexibility index (Phi) is 6.89. The first-order valence-electron chi connectivity index (χ1n) is 9.52. The topological polar surface area (TPSA) is 59.6 Å². The average Bonchev–Trinajstić information content (AvgIpc) is 3.23. The summed E-state index contributed by atoms with van der Waals surface area (Å²) in [5, 5.41) is 7.91. The lowest BCUT2D eigenvalue weighted by Crippen LogP contribution is -2.42. The molecule has 2 aliphatic rings. The first-order chi connectivity index (χ1) is 12.6. The van der Waals surface area contributed by atoms with Gasteiger partial charge in [0.1, 0.15) is 5.00 Å². The van der Waals surface area contributed by atoms with Gasteiger partial charge in [-0.05, 0) is 63.2 Å². The van der Waals surface area contributed by atoms with Gasteiger partial charge in [-0.15, -0.1) is 11.3 Å². The summed E-state index contributed by atoms with van der Waals surface area (Å²) < 4.78 is 10.8. The van der Waals surface area contributed by atoms with Gasteiger partial charge in [0.05, 0.1) is 24.8 Å². The number of rotatable bonds is 4. The smallest absolute Gasteiger partial charge is 0.341 e. The molecule has 0 bridgehead atoms. The van der Waals surface area contributed by atoms with E-state index in [0.29, 0.717) is 10.7 Å². The van der Waals surface area contributed by atoms with E-state index in [9.17, 15) is 4.79 Å². The van der Waals surface area contributed by atoms with Crippen molar-refractivity contribution in [1.82, 2.24) is 5.32 Å². The van der Waals surface area contributed by atoms with Crippen molar-refractivity contribution in [2.75, 3.05) is 19.0 Å². The fourth-order valence-electron chi connectivity index (χ4n) is 3.76. The Morgan fingerprint density at radius 3 is 2.73 bits per heavy atom. The minimum absolute atomic E-state index is 0.139. The van der Waals surface area contributed by atoms with Crippen molar-refractivity contribution < 1.29 is 14.3 Å². The normalized spacial score (nSPS) is 21.2. The molecule has 1 saturated heterocycles. The summed E-state index contributed by atoms with van der Waals surface area (Å²) in [4.78, 5) is 13.7. The maximum atomic E-state index is 12.4. The third-order valence-corrected chi connectivity index (χ3v) is 6.60. The maximum absolute atomic E-state index is 12.4. The van der Waals surface area contributed by atoms with E-state index in [2.05, 4.69) is 17.6 Å². The van der Waals surface area contributed by atoms with Gasteiger partial charge in [0, 0.05) is 11.5 Å². The predicted molar refractivity (Wildman–Crippen MR) is 109 cm³/mol. The summed E-state index contributed by atoms with van der Waals surface area (Å²) in [5.74, 6) is -0.277. The molecule has 26 heavy (non-hydrogen) atoms. The molecule has 0 saturated carbocycles. The monoisotopic (exact) mass is 396 g/mol. The zero-order valence-corrected chi connectivity index (χ0v) is 17.2. The first kappa shape index (κ1) is 19.6. The van der Waals surface area contributed by atoms with Crippen molar-refractivity contribution in [3.63, 3.8) is 0 Å². The number of thiocarbonyl (C=S) groups is 1. The molecule has 2 unspecified atom stereocenters. The zero-order valence-electron chi connectivity index (χ0n) is 15.6. The summed E-state index contributed by atoms with van der Waals surface area (Å²) in [6, 6.07) is 0.139. The van der Waals surface area contributed by atoms with Crippen LogP contribution in [0, 0.1) is 0 Å². The van der Waals surface area contributed by atoms with Gasteiger partial charge in [-0.25, -0.2) is 4.79 Å². The average molecular weight is 397 g/mol. The highest BCUT2D eigenvalue weighted by Crippen LogP contribution is 2.37. The summed E-state index contributed by atoms with van der Waals surface area (Å²) in [6.07, 6.45) is 9.07. The molecule has 3 rings (SSSR count). The van der Waals surface area contributed by atoms with Crippen LogP contribution in [0.5, 0.6) is 0 Å². The Labute approximate surface area is 164 Å². The molecule has 1 aromatic rings. The highest BCUT2D eigenvalue weighted by Gasteiger charge is 2.27. The Hall–Kier alpha value is -1.18. The summed E-state index contributed by atoms with van der Waals surface area (Å²) in [5.41, 5.74) is 1.82. The molecule has 1 aromatic heterocycles. The number of hydrogen-bond acceptors (Lipinski definition) is 5. The third-order valence-electron chi connectivity index (χ3n) is 5.17. The lowest BCUT2D eigenvalue weighted by Gasteiger charge is -2.21.